The SMILES string of the molecule is CC1(C)OC[C@@H]([C@H]2O[C@@H]3OC(C)(C)O[C@@H]3/C2=C\CO)O1. The Balaban J connectivity index is 1.79. The van der Waals surface area contributed by atoms with Crippen LogP contribution >= 0.6 is 0 Å². The number of hydrogen-bond donors (Lipinski definition) is 1. The predicted molar refractivity (Wildman–Crippen MR) is 68.8 cm³/mol. The fraction of sp³-hybridized carbons (Fsp3) is 0.857. The summed E-state index contributed by atoms with van der Waals surface area (Å²) >= 11 is 0. The third-order valence-electron chi connectivity index (χ3n) is 3.69. The van der Waals surface area contributed by atoms with E-state index in [9.17, 15) is 5.11 Å². The summed E-state index contributed by atoms with van der Waals surface area (Å²) in [5, 5.41) is 9.24. The summed E-state index contributed by atoms with van der Waals surface area (Å²) in [5.74, 6) is -1.29. The first kappa shape index (κ1) is 14.4. The summed E-state index contributed by atoms with van der Waals surface area (Å²) in [7, 11) is 0. The second-order valence-corrected chi connectivity index (χ2v) is 6.24. The fourth-order valence-electron chi connectivity index (χ4n) is 2.94. The minimum absolute atomic E-state index is 0.0703. The van der Waals surface area contributed by atoms with Crippen molar-refractivity contribution in [2.75, 3.05) is 13.2 Å². The molecule has 3 heterocycles. The molecule has 3 rings (SSSR count). The van der Waals surface area contributed by atoms with Crippen LogP contribution in [0.4, 0.5) is 0 Å². The van der Waals surface area contributed by atoms with Crippen molar-refractivity contribution in [3.8, 4) is 0 Å². The monoisotopic (exact) mass is 286 g/mol. The average molecular weight is 286 g/mol. The minimum atomic E-state index is -0.679. The highest BCUT2D eigenvalue weighted by Crippen LogP contribution is 2.43. The Morgan fingerprint density at radius 2 is 1.85 bits per heavy atom. The topological polar surface area (TPSA) is 66.4 Å². The molecule has 3 fully saturated rings. The van der Waals surface area contributed by atoms with E-state index < -0.39 is 17.9 Å². The van der Waals surface area contributed by atoms with Crippen LogP contribution in [-0.4, -0.2) is 54.5 Å². The number of rotatable bonds is 2. The van der Waals surface area contributed by atoms with Crippen molar-refractivity contribution in [3.05, 3.63) is 11.6 Å². The molecular weight excluding hydrogens is 264 g/mol. The van der Waals surface area contributed by atoms with Crippen LogP contribution in [0.15, 0.2) is 11.6 Å². The lowest BCUT2D eigenvalue weighted by Gasteiger charge is -2.25. The molecule has 4 atom stereocenters. The zero-order chi connectivity index (χ0) is 14.5. The molecular formula is C14H22O6. The standard InChI is InChI=1S/C14H22O6/c1-13(2)16-7-9(18-13)10-8(5-6-15)11-12(17-10)20-14(3,4)19-11/h5,9-12,15H,6-7H2,1-4H3/b8-5-/t9-,10-,11+,12+/m0/s1. The van der Waals surface area contributed by atoms with E-state index in [1.165, 1.54) is 0 Å². The van der Waals surface area contributed by atoms with Gasteiger partial charge in [-0.3, -0.25) is 0 Å². The summed E-state index contributed by atoms with van der Waals surface area (Å²) in [6.45, 7) is 7.81. The van der Waals surface area contributed by atoms with Crippen molar-refractivity contribution in [1.29, 1.82) is 0 Å². The van der Waals surface area contributed by atoms with E-state index >= 15 is 0 Å². The number of aliphatic hydroxyl groups excluding tert-OH is 1. The van der Waals surface area contributed by atoms with Crippen LogP contribution < -0.4 is 0 Å². The van der Waals surface area contributed by atoms with Gasteiger partial charge in [-0.2, -0.15) is 0 Å². The second-order valence-electron chi connectivity index (χ2n) is 6.24. The lowest BCUT2D eigenvalue weighted by atomic mass is 10.0. The molecule has 0 radical (unpaired) electrons. The van der Waals surface area contributed by atoms with E-state index in [-0.39, 0.29) is 24.9 Å². The summed E-state index contributed by atoms with van der Waals surface area (Å²) in [5.41, 5.74) is 0.870. The summed E-state index contributed by atoms with van der Waals surface area (Å²) < 4.78 is 28.9. The normalized spacial score (nSPS) is 44.1. The van der Waals surface area contributed by atoms with E-state index in [1.807, 2.05) is 27.7 Å². The molecule has 0 aliphatic carbocycles. The molecule has 20 heavy (non-hydrogen) atoms. The first-order chi connectivity index (χ1) is 9.31. The molecule has 114 valence electrons. The molecule has 0 saturated carbocycles. The van der Waals surface area contributed by atoms with Gasteiger partial charge in [0, 0.05) is 0 Å². The van der Waals surface area contributed by atoms with Gasteiger partial charge in [0.2, 0.25) is 0 Å². The fourth-order valence-corrected chi connectivity index (χ4v) is 2.94. The van der Waals surface area contributed by atoms with Gasteiger partial charge in [0.25, 0.3) is 0 Å². The Morgan fingerprint density at radius 1 is 1.10 bits per heavy atom. The number of aliphatic hydroxyl groups is 1. The predicted octanol–water partition coefficient (Wildman–Crippen LogP) is 0.933. The van der Waals surface area contributed by atoms with Crippen LogP contribution in [0.25, 0.3) is 0 Å². The first-order valence-corrected chi connectivity index (χ1v) is 6.95. The third kappa shape index (κ3) is 2.52. The average Bonchev–Trinajstić information content (AvgIpc) is 2.91. The Kier molecular flexibility index (Phi) is 3.44. The van der Waals surface area contributed by atoms with Gasteiger partial charge >= 0.3 is 0 Å². The molecule has 0 bridgehead atoms. The Bertz CT molecular complexity index is 416. The molecule has 0 aromatic rings. The maximum absolute atomic E-state index is 9.24. The molecule has 6 nitrogen and oxygen atoms in total. The highest BCUT2D eigenvalue weighted by Gasteiger charge is 2.55. The van der Waals surface area contributed by atoms with Crippen molar-refractivity contribution >= 4 is 0 Å². The van der Waals surface area contributed by atoms with Gasteiger partial charge in [-0.05, 0) is 33.3 Å². The van der Waals surface area contributed by atoms with Crippen molar-refractivity contribution in [2.45, 2.75) is 63.9 Å². The summed E-state index contributed by atoms with van der Waals surface area (Å²) in [6.07, 6.45) is 0.433. The van der Waals surface area contributed by atoms with Crippen LogP contribution in [0.2, 0.25) is 0 Å². The third-order valence-corrected chi connectivity index (χ3v) is 3.69. The van der Waals surface area contributed by atoms with Crippen LogP contribution in [0.3, 0.4) is 0 Å². The maximum Gasteiger partial charge on any atom is 0.191 e. The lowest BCUT2D eigenvalue weighted by molar-refractivity contribution is -0.215. The van der Waals surface area contributed by atoms with Crippen molar-refractivity contribution < 1.29 is 28.8 Å². The van der Waals surface area contributed by atoms with Crippen LogP contribution in [0.5, 0.6) is 0 Å². The van der Waals surface area contributed by atoms with Crippen molar-refractivity contribution in [1.82, 2.24) is 0 Å². The molecule has 3 saturated heterocycles. The Morgan fingerprint density at radius 3 is 2.45 bits per heavy atom. The molecule has 0 aromatic heterocycles. The van der Waals surface area contributed by atoms with Crippen molar-refractivity contribution in [2.24, 2.45) is 0 Å². The summed E-state index contributed by atoms with van der Waals surface area (Å²) in [4.78, 5) is 0. The smallest absolute Gasteiger partial charge is 0.191 e. The molecule has 3 aliphatic rings. The molecule has 6 heteroatoms. The number of ether oxygens (including phenoxy) is 5. The maximum atomic E-state index is 9.24. The second kappa shape index (κ2) is 4.76. The lowest BCUT2D eigenvalue weighted by Crippen LogP contribution is -2.35. The van der Waals surface area contributed by atoms with Gasteiger partial charge in [0.05, 0.1) is 13.2 Å². The minimum Gasteiger partial charge on any atom is -0.392 e. The van der Waals surface area contributed by atoms with Crippen molar-refractivity contribution in [3.63, 3.8) is 0 Å². The quantitative estimate of drug-likeness (QED) is 0.762. The van der Waals surface area contributed by atoms with Gasteiger partial charge in [0.15, 0.2) is 17.9 Å². The Hall–Kier alpha value is -0.500. The van der Waals surface area contributed by atoms with Gasteiger partial charge in [-0.15, -0.1) is 0 Å². The molecule has 1 N–H and O–H groups in total. The molecule has 0 unspecified atom stereocenters. The van der Waals surface area contributed by atoms with E-state index in [2.05, 4.69) is 0 Å². The van der Waals surface area contributed by atoms with E-state index in [4.69, 9.17) is 23.7 Å². The zero-order valence-electron chi connectivity index (χ0n) is 12.3. The molecule has 0 aromatic carbocycles. The number of fused-ring (bicyclic) bond motifs is 1. The van der Waals surface area contributed by atoms with Gasteiger partial charge in [-0.1, -0.05) is 6.08 Å². The first-order valence-electron chi connectivity index (χ1n) is 6.95. The molecule has 0 spiro atoms. The van der Waals surface area contributed by atoms with E-state index in [1.54, 1.807) is 6.08 Å². The highest BCUT2D eigenvalue weighted by atomic mass is 16.8. The van der Waals surface area contributed by atoms with Gasteiger partial charge in [0.1, 0.15) is 18.3 Å². The van der Waals surface area contributed by atoms with Gasteiger partial charge < -0.3 is 28.8 Å². The molecule has 3 aliphatic heterocycles. The van der Waals surface area contributed by atoms with E-state index in [0.29, 0.717) is 6.61 Å². The number of hydrogen-bond acceptors (Lipinski definition) is 6. The van der Waals surface area contributed by atoms with E-state index in [0.717, 1.165) is 5.57 Å². The van der Waals surface area contributed by atoms with Crippen LogP contribution in [0.1, 0.15) is 27.7 Å². The van der Waals surface area contributed by atoms with Crippen LogP contribution in [0, 0.1) is 0 Å². The summed E-state index contributed by atoms with van der Waals surface area (Å²) in [6, 6.07) is 0. The zero-order valence-corrected chi connectivity index (χ0v) is 12.3. The highest BCUT2D eigenvalue weighted by molar-refractivity contribution is 5.23. The largest absolute Gasteiger partial charge is 0.392 e. The molecule has 0 amide bonds. The Labute approximate surface area is 118 Å². The van der Waals surface area contributed by atoms with Gasteiger partial charge in [-0.25, -0.2) is 0 Å². The van der Waals surface area contributed by atoms with Crippen LogP contribution in [-0.2, 0) is 23.7 Å².